The predicted molar refractivity (Wildman–Crippen MR) is 97.4 cm³/mol. The average Bonchev–Trinajstić information content (AvgIpc) is 3.16. The van der Waals surface area contributed by atoms with Crippen molar-refractivity contribution in [1.29, 1.82) is 0 Å². The first kappa shape index (κ1) is 18.7. The van der Waals surface area contributed by atoms with E-state index in [2.05, 4.69) is 10.3 Å². The zero-order chi connectivity index (χ0) is 19.4. The number of thiazole rings is 1. The molecule has 27 heavy (non-hydrogen) atoms. The van der Waals surface area contributed by atoms with Gasteiger partial charge in [0.2, 0.25) is 0 Å². The minimum atomic E-state index is -1.15. The molecule has 5 nitrogen and oxygen atoms in total. The van der Waals surface area contributed by atoms with Crippen molar-refractivity contribution in [1.82, 2.24) is 4.98 Å². The summed E-state index contributed by atoms with van der Waals surface area (Å²) < 4.78 is 31.2. The number of ether oxygens (including phenoxy) is 1. The van der Waals surface area contributed by atoms with Gasteiger partial charge in [0.25, 0.3) is 5.91 Å². The normalized spacial score (nSPS) is 11.7. The molecule has 0 aliphatic rings. The van der Waals surface area contributed by atoms with E-state index in [1.807, 2.05) is 30.3 Å². The van der Waals surface area contributed by atoms with Crippen LogP contribution in [0, 0.1) is 11.6 Å². The van der Waals surface area contributed by atoms with Crippen molar-refractivity contribution >= 4 is 28.9 Å². The molecule has 0 saturated heterocycles. The van der Waals surface area contributed by atoms with Gasteiger partial charge in [-0.15, -0.1) is 11.3 Å². The predicted octanol–water partition coefficient (Wildman–Crippen LogP) is 4.27. The fourth-order valence-corrected chi connectivity index (χ4v) is 2.97. The number of esters is 1. The van der Waals surface area contributed by atoms with Crippen molar-refractivity contribution in [2.45, 2.75) is 13.0 Å². The van der Waals surface area contributed by atoms with E-state index in [1.165, 1.54) is 24.3 Å². The molecular formula is C19H14F2N2O3S. The van der Waals surface area contributed by atoms with Crippen LogP contribution < -0.4 is 5.32 Å². The van der Waals surface area contributed by atoms with E-state index in [9.17, 15) is 18.4 Å². The van der Waals surface area contributed by atoms with Crippen molar-refractivity contribution in [2.75, 3.05) is 5.32 Å². The van der Waals surface area contributed by atoms with Gasteiger partial charge in [0.1, 0.15) is 5.01 Å². The van der Waals surface area contributed by atoms with Gasteiger partial charge in [0, 0.05) is 22.7 Å². The van der Waals surface area contributed by atoms with Gasteiger partial charge < -0.3 is 10.1 Å². The molecule has 0 unspecified atom stereocenters. The topological polar surface area (TPSA) is 68.3 Å². The lowest BCUT2D eigenvalue weighted by Crippen LogP contribution is -2.30. The molecule has 1 aromatic heterocycles. The molecule has 3 rings (SSSR count). The number of carbonyl (C=O) groups is 2. The fourth-order valence-electron chi connectivity index (χ4n) is 2.17. The van der Waals surface area contributed by atoms with Crippen molar-refractivity contribution < 1.29 is 23.1 Å². The van der Waals surface area contributed by atoms with Crippen molar-refractivity contribution in [3.8, 4) is 10.6 Å². The van der Waals surface area contributed by atoms with Gasteiger partial charge in [-0.2, -0.15) is 0 Å². The molecule has 3 aromatic rings. The van der Waals surface area contributed by atoms with Gasteiger partial charge in [-0.05, 0) is 19.1 Å². The first-order valence-corrected chi connectivity index (χ1v) is 8.80. The Labute approximate surface area is 157 Å². The number of rotatable bonds is 5. The summed E-state index contributed by atoms with van der Waals surface area (Å²) in [6.45, 7) is 1.37. The van der Waals surface area contributed by atoms with Crippen LogP contribution in [0.15, 0.2) is 53.9 Å². The number of amides is 1. The van der Waals surface area contributed by atoms with Crippen LogP contribution in [0.3, 0.4) is 0 Å². The van der Waals surface area contributed by atoms with Gasteiger partial charge in [0.15, 0.2) is 23.4 Å². The molecule has 138 valence electrons. The largest absolute Gasteiger partial charge is 0.448 e. The van der Waals surface area contributed by atoms with Gasteiger partial charge in [-0.1, -0.05) is 30.3 Å². The molecule has 1 atom stereocenters. The number of halogens is 2. The number of carbonyl (C=O) groups excluding carboxylic acids is 2. The van der Waals surface area contributed by atoms with Crippen molar-refractivity contribution in [3.05, 3.63) is 71.2 Å². The van der Waals surface area contributed by atoms with E-state index in [-0.39, 0.29) is 11.4 Å². The number of hydrogen-bond donors (Lipinski definition) is 1. The first-order valence-electron chi connectivity index (χ1n) is 7.92. The maximum Gasteiger partial charge on any atom is 0.358 e. The number of anilines is 1. The van der Waals surface area contributed by atoms with Crippen molar-refractivity contribution in [3.63, 3.8) is 0 Å². The van der Waals surface area contributed by atoms with Crippen LogP contribution in [0.5, 0.6) is 0 Å². The Morgan fingerprint density at radius 1 is 1.11 bits per heavy atom. The minimum Gasteiger partial charge on any atom is -0.448 e. The molecule has 8 heteroatoms. The van der Waals surface area contributed by atoms with E-state index in [0.717, 1.165) is 17.7 Å². The maximum atomic E-state index is 13.2. The molecule has 2 aromatic carbocycles. The van der Waals surface area contributed by atoms with Crippen LogP contribution in [0.1, 0.15) is 17.4 Å². The summed E-state index contributed by atoms with van der Waals surface area (Å²) in [6, 6.07) is 12.3. The molecule has 0 fully saturated rings. The van der Waals surface area contributed by atoms with E-state index >= 15 is 0 Å². The highest BCUT2D eigenvalue weighted by Crippen LogP contribution is 2.23. The Kier molecular flexibility index (Phi) is 5.56. The second-order valence-electron chi connectivity index (χ2n) is 5.57. The molecule has 0 bridgehead atoms. The third-order valence-electron chi connectivity index (χ3n) is 3.57. The minimum absolute atomic E-state index is 0.0572. The highest BCUT2D eigenvalue weighted by molar-refractivity contribution is 7.13. The Balaban J connectivity index is 1.62. The highest BCUT2D eigenvalue weighted by atomic mass is 32.1. The zero-order valence-corrected chi connectivity index (χ0v) is 14.9. The van der Waals surface area contributed by atoms with Gasteiger partial charge in [-0.3, -0.25) is 4.79 Å². The molecule has 0 aliphatic carbocycles. The Morgan fingerprint density at radius 2 is 1.85 bits per heavy atom. The summed E-state index contributed by atoms with van der Waals surface area (Å²) in [4.78, 5) is 28.5. The molecule has 0 spiro atoms. The Bertz CT molecular complexity index is 976. The maximum absolute atomic E-state index is 13.2. The number of nitrogens with one attached hydrogen (secondary N) is 1. The number of benzene rings is 2. The highest BCUT2D eigenvalue weighted by Gasteiger charge is 2.21. The second-order valence-corrected chi connectivity index (χ2v) is 6.43. The van der Waals surface area contributed by atoms with E-state index in [4.69, 9.17) is 4.74 Å². The number of aromatic nitrogens is 1. The van der Waals surface area contributed by atoms with Crippen molar-refractivity contribution in [2.24, 2.45) is 0 Å². The summed E-state index contributed by atoms with van der Waals surface area (Å²) in [6.07, 6.45) is -1.15. The van der Waals surface area contributed by atoms with Crippen LogP contribution in [-0.2, 0) is 9.53 Å². The summed E-state index contributed by atoms with van der Waals surface area (Å²) in [5.74, 6) is -3.53. The van der Waals surface area contributed by atoms with Gasteiger partial charge >= 0.3 is 5.97 Å². The van der Waals surface area contributed by atoms with E-state index < -0.39 is 29.6 Å². The number of hydrogen-bond acceptors (Lipinski definition) is 5. The van der Waals surface area contributed by atoms with Crippen LogP contribution >= 0.6 is 11.3 Å². The lowest BCUT2D eigenvalue weighted by atomic mass is 10.2. The molecule has 0 radical (unpaired) electrons. The monoisotopic (exact) mass is 388 g/mol. The summed E-state index contributed by atoms with van der Waals surface area (Å²) in [5.41, 5.74) is 1.01. The average molecular weight is 388 g/mol. The Morgan fingerprint density at radius 3 is 2.56 bits per heavy atom. The summed E-state index contributed by atoms with van der Waals surface area (Å²) in [7, 11) is 0. The van der Waals surface area contributed by atoms with E-state index in [0.29, 0.717) is 5.01 Å². The van der Waals surface area contributed by atoms with Gasteiger partial charge in [0.05, 0.1) is 0 Å². The Hall–Kier alpha value is -3.13. The van der Waals surface area contributed by atoms with Gasteiger partial charge in [-0.25, -0.2) is 18.6 Å². The fraction of sp³-hybridized carbons (Fsp3) is 0.105. The summed E-state index contributed by atoms with van der Waals surface area (Å²) in [5, 5.41) is 4.56. The zero-order valence-electron chi connectivity index (χ0n) is 14.1. The molecule has 1 heterocycles. The molecule has 0 aliphatic heterocycles. The summed E-state index contributed by atoms with van der Waals surface area (Å²) >= 11 is 1.28. The molecule has 0 saturated carbocycles. The third-order valence-corrected chi connectivity index (χ3v) is 4.47. The lowest BCUT2D eigenvalue weighted by Gasteiger charge is -2.13. The van der Waals surface area contributed by atoms with Crippen LogP contribution in [0.25, 0.3) is 10.6 Å². The van der Waals surface area contributed by atoms with Crippen LogP contribution in [-0.4, -0.2) is 23.0 Å². The van der Waals surface area contributed by atoms with Crippen LogP contribution in [0.4, 0.5) is 14.5 Å². The molecule has 1 N–H and O–H groups in total. The quantitative estimate of drug-likeness (QED) is 0.663. The SMILES string of the molecule is C[C@@H](OC(=O)c1csc(-c2ccccc2)n1)C(=O)Nc1ccc(F)c(F)c1. The lowest BCUT2D eigenvalue weighted by molar-refractivity contribution is -0.123. The first-order chi connectivity index (χ1) is 12.9. The molecule has 1 amide bonds. The standard InChI is InChI=1S/C19H14F2N2O3S/c1-11(17(24)22-13-7-8-14(20)15(21)9-13)26-19(25)16-10-27-18(23-16)12-5-3-2-4-6-12/h2-11H,1H3,(H,22,24)/t11-/m1/s1. The molecular weight excluding hydrogens is 374 g/mol. The van der Waals surface area contributed by atoms with Crippen LogP contribution in [0.2, 0.25) is 0 Å². The second kappa shape index (κ2) is 8.05. The number of nitrogens with zero attached hydrogens (tertiary/aromatic N) is 1. The third kappa shape index (κ3) is 4.53. The van der Waals surface area contributed by atoms with E-state index in [1.54, 1.807) is 5.38 Å². The smallest absolute Gasteiger partial charge is 0.358 e.